The second-order valence-corrected chi connectivity index (χ2v) is 10.2. The van der Waals surface area contributed by atoms with Crippen molar-refractivity contribution in [3.63, 3.8) is 0 Å². The van der Waals surface area contributed by atoms with Crippen LogP contribution in [0, 0.1) is 6.92 Å². The van der Waals surface area contributed by atoms with Crippen molar-refractivity contribution < 1.29 is 27.5 Å². The number of rotatable bonds is 7. The zero-order valence-electron chi connectivity index (χ0n) is 18.7. The molecule has 0 bridgehead atoms. The van der Waals surface area contributed by atoms with Crippen molar-refractivity contribution in [1.82, 2.24) is 4.31 Å². The van der Waals surface area contributed by atoms with Crippen LogP contribution in [0.2, 0.25) is 0 Å². The van der Waals surface area contributed by atoms with E-state index in [4.69, 9.17) is 9.47 Å². The molecule has 0 saturated heterocycles. The summed E-state index contributed by atoms with van der Waals surface area (Å²) in [6.07, 6.45) is 1.76. The maximum atomic E-state index is 13.9. The molecule has 33 heavy (non-hydrogen) atoms. The first-order valence-electron chi connectivity index (χ1n) is 10.6. The molecule has 1 heterocycles. The summed E-state index contributed by atoms with van der Waals surface area (Å²) in [6.45, 7) is 5.24. The van der Waals surface area contributed by atoms with Crippen LogP contribution in [0.4, 0.5) is 0 Å². The highest BCUT2D eigenvalue weighted by molar-refractivity contribution is 9.10. The summed E-state index contributed by atoms with van der Waals surface area (Å²) >= 11 is 3.43. The van der Waals surface area contributed by atoms with Gasteiger partial charge in [0.15, 0.2) is 6.04 Å². The van der Waals surface area contributed by atoms with Crippen molar-refractivity contribution >= 4 is 37.9 Å². The van der Waals surface area contributed by atoms with Crippen LogP contribution in [-0.2, 0) is 29.1 Å². The van der Waals surface area contributed by atoms with Crippen molar-refractivity contribution in [1.29, 1.82) is 0 Å². The summed E-state index contributed by atoms with van der Waals surface area (Å²) in [5, 5.41) is 0. The molecule has 0 aromatic heterocycles. The van der Waals surface area contributed by atoms with Crippen LogP contribution in [0.15, 0.2) is 69.5 Å². The van der Waals surface area contributed by atoms with Crippen LogP contribution < -0.4 is 0 Å². The number of hydrogen-bond donors (Lipinski definition) is 0. The number of carbonyl (C=O) groups is 2. The first kappa shape index (κ1) is 25.1. The fraction of sp³-hybridized carbons (Fsp3) is 0.333. The summed E-state index contributed by atoms with van der Waals surface area (Å²) < 4.78 is 40.1. The first-order valence-corrected chi connectivity index (χ1v) is 12.8. The molecule has 0 unspecified atom stereocenters. The molecule has 1 aliphatic rings. The number of carbonyl (C=O) groups excluding carboxylic acids is 2. The van der Waals surface area contributed by atoms with Gasteiger partial charge in [-0.3, -0.25) is 0 Å². The molecule has 0 amide bonds. The quantitative estimate of drug-likeness (QED) is 0.490. The van der Waals surface area contributed by atoms with Crippen molar-refractivity contribution in [3.8, 4) is 0 Å². The second-order valence-electron chi connectivity index (χ2n) is 7.49. The number of halogens is 1. The molecule has 176 valence electrons. The van der Waals surface area contributed by atoms with Crippen LogP contribution in [0.1, 0.15) is 37.4 Å². The summed E-state index contributed by atoms with van der Waals surface area (Å²) in [5.74, 6) is -1.57. The Kier molecular flexibility index (Phi) is 8.10. The van der Waals surface area contributed by atoms with Crippen molar-refractivity contribution in [3.05, 3.63) is 75.8 Å². The monoisotopic (exact) mass is 535 g/mol. The molecule has 0 saturated carbocycles. The van der Waals surface area contributed by atoms with Crippen molar-refractivity contribution in [2.24, 2.45) is 0 Å². The highest BCUT2D eigenvalue weighted by atomic mass is 79.9. The third-order valence-corrected chi connectivity index (χ3v) is 7.65. The SMILES string of the molecule is CCOC(=O)C1=CC[C@@H](c2cccc(Br)c2)N(S(=O)(=O)c2ccc(C)cc2)[C@H]1C(=O)OCC. The summed E-state index contributed by atoms with van der Waals surface area (Å²) in [4.78, 5) is 25.9. The molecule has 2 aromatic rings. The van der Waals surface area contributed by atoms with Gasteiger partial charge in [-0.25, -0.2) is 18.0 Å². The molecule has 7 nitrogen and oxygen atoms in total. The Morgan fingerprint density at radius 3 is 2.33 bits per heavy atom. The van der Waals surface area contributed by atoms with Gasteiger partial charge in [0.2, 0.25) is 10.0 Å². The van der Waals surface area contributed by atoms with Gasteiger partial charge < -0.3 is 9.47 Å². The van der Waals surface area contributed by atoms with Gasteiger partial charge in [0.25, 0.3) is 0 Å². The zero-order chi connectivity index (χ0) is 24.2. The van der Waals surface area contributed by atoms with Crippen LogP contribution in [0.5, 0.6) is 0 Å². The van der Waals surface area contributed by atoms with Gasteiger partial charge in [0, 0.05) is 4.47 Å². The Morgan fingerprint density at radius 1 is 1.06 bits per heavy atom. The number of sulfonamides is 1. The van der Waals surface area contributed by atoms with Gasteiger partial charge >= 0.3 is 11.9 Å². The normalized spacial score (nSPS) is 19.0. The van der Waals surface area contributed by atoms with Gasteiger partial charge in [-0.1, -0.05) is 51.8 Å². The molecule has 0 spiro atoms. The van der Waals surface area contributed by atoms with Gasteiger partial charge in [-0.05, 0) is 57.0 Å². The lowest BCUT2D eigenvalue weighted by Crippen LogP contribution is -2.52. The minimum absolute atomic E-state index is 0.0208. The molecule has 0 fully saturated rings. The van der Waals surface area contributed by atoms with E-state index in [2.05, 4.69) is 15.9 Å². The van der Waals surface area contributed by atoms with E-state index in [1.54, 1.807) is 50.3 Å². The maximum Gasteiger partial charge on any atom is 0.335 e. The van der Waals surface area contributed by atoms with E-state index in [-0.39, 0.29) is 30.1 Å². The van der Waals surface area contributed by atoms with E-state index < -0.39 is 34.0 Å². The predicted octanol–water partition coefficient (Wildman–Crippen LogP) is 4.31. The fourth-order valence-corrected chi connectivity index (χ4v) is 5.93. The van der Waals surface area contributed by atoms with Crippen molar-refractivity contribution in [2.75, 3.05) is 13.2 Å². The second kappa shape index (κ2) is 10.6. The van der Waals surface area contributed by atoms with E-state index in [1.807, 2.05) is 13.0 Å². The number of benzene rings is 2. The Labute approximate surface area is 202 Å². The Bertz CT molecular complexity index is 1160. The molecule has 2 aromatic carbocycles. The highest BCUT2D eigenvalue weighted by Gasteiger charge is 2.48. The lowest BCUT2D eigenvalue weighted by molar-refractivity contribution is -0.150. The summed E-state index contributed by atoms with van der Waals surface area (Å²) in [5.41, 5.74) is 1.52. The lowest BCUT2D eigenvalue weighted by Gasteiger charge is -2.39. The number of nitrogens with zero attached hydrogens (tertiary/aromatic N) is 1. The minimum atomic E-state index is -4.21. The van der Waals surface area contributed by atoms with Crippen LogP contribution >= 0.6 is 15.9 Å². The molecule has 2 atom stereocenters. The fourth-order valence-electron chi connectivity index (χ4n) is 3.77. The number of ether oxygens (including phenoxy) is 2. The average Bonchev–Trinajstić information content (AvgIpc) is 2.78. The van der Waals surface area contributed by atoms with E-state index in [1.165, 1.54) is 12.1 Å². The van der Waals surface area contributed by atoms with Gasteiger partial charge in [0.1, 0.15) is 0 Å². The van der Waals surface area contributed by atoms with E-state index in [0.717, 1.165) is 14.3 Å². The molecule has 0 radical (unpaired) electrons. The molecule has 3 rings (SSSR count). The third-order valence-electron chi connectivity index (χ3n) is 5.27. The van der Waals surface area contributed by atoms with E-state index >= 15 is 0 Å². The third kappa shape index (κ3) is 5.37. The molecule has 0 aliphatic carbocycles. The van der Waals surface area contributed by atoms with Crippen LogP contribution in [-0.4, -0.2) is 43.9 Å². The zero-order valence-corrected chi connectivity index (χ0v) is 21.1. The maximum absolute atomic E-state index is 13.9. The Hall–Kier alpha value is -2.49. The summed E-state index contributed by atoms with van der Waals surface area (Å²) in [6, 6.07) is 11.4. The van der Waals surface area contributed by atoms with Crippen molar-refractivity contribution in [2.45, 2.75) is 44.2 Å². The minimum Gasteiger partial charge on any atom is -0.465 e. The largest absolute Gasteiger partial charge is 0.465 e. The number of esters is 2. The Balaban J connectivity index is 2.24. The smallest absolute Gasteiger partial charge is 0.335 e. The van der Waals surface area contributed by atoms with Crippen LogP contribution in [0.3, 0.4) is 0 Å². The molecule has 0 N–H and O–H groups in total. The topological polar surface area (TPSA) is 90.0 Å². The first-order chi connectivity index (χ1) is 15.7. The van der Waals surface area contributed by atoms with Gasteiger partial charge in [-0.2, -0.15) is 4.31 Å². The number of aryl methyl sites for hydroxylation is 1. The molecular formula is C24H26BrNO6S. The molecule has 1 aliphatic heterocycles. The van der Waals surface area contributed by atoms with E-state index in [9.17, 15) is 18.0 Å². The summed E-state index contributed by atoms with van der Waals surface area (Å²) in [7, 11) is -4.21. The number of hydrogen-bond acceptors (Lipinski definition) is 6. The lowest BCUT2D eigenvalue weighted by atomic mass is 9.93. The van der Waals surface area contributed by atoms with Gasteiger partial charge in [0.05, 0.1) is 29.7 Å². The predicted molar refractivity (Wildman–Crippen MR) is 127 cm³/mol. The Morgan fingerprint density at radius 2 is 1.73 bits per heavy atom. The van der Waals surface area contributed by atoms with Gasteiger partial charge in [-0.15, -0.1) is 0 Å². The average molecular weight is 536 g/mol. The molecule has 9 heteroatoms. The van der Waals surface area contributed by atoms with Crippen LogP contribution in [0.25, 0.3) is 0 Å². The highest BCUT2D eigenvalue weighted by Crippen LogP contribution is 2.40. The van der Waals surface area contributed by atoms with E-state index in [0.29, 0.717) is 5.56 Å². The standard InChI is InChI=1S/C24H26BrNO6S/c1-4-31-23(27)20-13-14-21(17-7-6-8-18(25)15-17)26(22(20)24(28)32-5-2)33(29,30)19-11-9-16(3)10-12-19/h6-13,15,21-22H,4-5,14H2,1-3H3/t21-,22+/m0/s1. The molecular weight excluding hydrogens is 510 g/mol.